The lowest BCUT2D eigenvalue weighted by Crippen LogP contribution is -2.09. The van der Waals surface area contributed by atoms with Gasteiger partial charge in [0.05, 0.1) is 11.1 Å². The summed E-state index contributed by atoms with van der Waals surface area (Å²) < 4.78 is 73.8. The number of rotatable bonds is 1. The second-order valence-corrected chi connectivity index (χ2v) is 3.75. The average molecular weight is 300 g/mol. The molecule has 0 aromatic heterocycles. The Morgan fingerprint density at radius 2 is 1.47 bits per heavy atom. The van der Waals surface area contributed by atoms with Gasteiger partial charge in [-0.15, -0.1) is 0 Å². The molecule has 0 fully saturated rings. The fourth-order valence-electron chi connectivity index (χ4n) is 1.21. The largest absolute Gasteiger partial charge is 0.428 e. The van der Waals surface area contributed by atoms with E-state index in [0.29, 0.717) is 12.1 Å². The minimum atomic E-state index is -4.94. The van der Waals surface area contributed by atoms with Crippen molar-refractivity contribution in [1.29, 1.82) is 5.26 Å². The van der Waals surface area contributed by atoms with E-state index in [1.54, 1.807) is 0 Å². The van der Waals surface area contributed by atoms with Crippen molar-refractivity contribution in [2.45, 2.75) is 12.4 Å². The van der Waals surface area contributed by atoms with Crippen molar-refractivity contribution in [3.63, 3.8) is 0 Å². The standard InChI is InChI=1S/C11H4ClF6N/c12-9(11(16,17)18)8(5-19)6-1-3-7(4-2-6)10(13,14)15/h1-4H. The summed E-state index contributed by atoms with van der Waals surface area (Å²) in [5, 5.41) is 6.96. The quantitative estimate of drug-likeness (QED) is 0.543. The molecule has 0 N–H and O–H groups in total. The molecule has 0 aliphatic rings. The SMILES string of the molecule is N#CC(=C(Cl)C(F)(F)F)c1ccc(C(F)(F)F)cc1. The van der Waals surface area contributed by atoms with Crippen molar-refractivity contribution < 1.29 is 26.3 Å². The summed E-state index contributed by atoms with van der Waals surface area (Å²) in [4.78, 5) is 0. The Morgan fingerprint density at radius 3 is 1.79 bits per heavy atom. The van der Waals surface area contributed by atoms with E-state index < -0.39 is 28.5 Å². The van der Waals surface area contributed by atoms with Crippen LogP contribution in [-0.2, 0) is 6.18 Å². The number of nitrogens with zero attached hydrogens (tertiary/aromatic N) is 1. The molecule has 0 radical (unpaired) electrons. The van der Waals surface area contributed by atoms with E-state index in [4.69, 9.17) is 16.9 Å². The molecule has 1 rings (SSSR count). The zero-order valence-electron chi connectivity index (χ0n) is 8.90. The van der Waals surface area contributed by atoms with E-state index in [-0.39, 0.29) is 5.56 Å². The normalized spacial score (nSPS) is 13.8. The maximum Gasteiger partial charge on any atom is 0.428 e. The minimum Gasteiger partial charge on any atom is -0.192 e. The highest BCUT2D eigenvalue weighted by Gasteiger charge is 2.36. The van der Waals surface area contributed by atoms with Crippen LogP contribution >= 0.6 is 11.6 Å². The summed E-state index contributed by atoms with van der Waals surface area (Å²) in [5.74, 6) is 0. The molecule has 19 heavy (non-hydrogen) atoms. The van der Waals surface area contributed by atoms with Crippen LogP contribution in [0.15, 0.2) is 29.3 Å². The van der Waals surface area contributed by atoms with Crippen molar-refractivity contribution in [3.05, 3.63) is 40.4 Å². The van der Waals surface area contributed by atoms with Crippen LogP contribution in [0, 0.1) is 11.3 Å². The molecule has 0 saturated heterocycles. The lowest BCUT2D eigenvalue weighted by molar-refractivity contribution is -0.137. The fraction of sp³-hybridized carbons (Fsp3) is 0.182. The van der Waals surface area contributed by atoms with E-state index in [1.165, 1.54) is 6.07 Å². The summed E-state index contributed by atoms with van der Waals surface area (Å²) in [6.45, 7) is 0. The molecule has 1 nitrogen and oxygen atoms in total. The monoisotopic (exact) mass is 299 g/mol. The zero-order valence-corrected chi connectivity index (χ0v) is 9.66. The third-order valence-electron chi connectivity index (χ3n) is 2.08. The fourth-order valence-corrected chi connectivity index (χ4v) is 1.36. The molecular weight excluding hydrogens is 296 g/mol. The van der Waals surface area contributed by atoms with Gasteiger partial charge in [0.15, 0.2) is 0 Å². The van der Waals surface area contributed by atoms with Crippen LogP contribution in [0.25, 0.3) is 5.57 Å². The van der Waals surface area contributed by atoms with Gasteiger partial charge in [-0.3, -0.25) is 0 Å². The third kappa shape index (κ3) is 3.64. The smallest absolute Gasteiger partial charge is 0.192 e. The van der Waals surface area contributed by atoms with Gasteiger partial charge in [-0.1, -0.05) is 23.7 Å². The predicted molar refractivity (Wildman–Crippen MR) is 55.9 cm³/mol. The Bertz CT molecular complexity index is 532. The van der Waals surface area contributed by atoms with Gasteiger partial charge in [0.1, 0.15) is 11.1 Å². The van der Waals surface area contributed by atoms with Crippen LogP contribution in [0.5, 0.6) is 0 Å². The molecule has 0 aliphatic heterocycles. The number of hydrogen-bond acceptors (Lipinski definition) is 1. The molecule has 1 aromatic carbocycles. The first-order valence-corrected chi connectivity index (χ1v) is 5.00. The van der Waals surface area contributed by atoms with Gasteiger partial charge in [-0.2, -0.15) is 31.6 Å². The molecule has 0 saturated carbocycles. The van der Waals surface area contributed by atoms with Gasteiger partial charge < -0.3 is 0 Å². The van der Waals surface area contributed by atoms with Gasteiger partial charge in [0, 0.05) is 0 Å². The summed E-state index contributed by atoms with van der Waals surface area (Å²) in [7, 11) is 0. The van der Waals surface area contributed by atoms with Gasteiger partial charge in [-0.25, -0.2) is 0 Å². The van der Waals surface area contributed by atoms with E-state index in [0.717, 1.165) is 12.1 Å². The molecule has 0 spiro atoms. The van der Waals surface area contributed by atoms with Gasteiger partial charge in [0.2, 0.25) is 0 Å². The highest BCUT2D eigenvalue weighted by molar-refractivity contribution is 6.34. The maximum absolute atomic E-state index is 12.3. The number of benzene rings is 1. The van der Waals surface area contributed by atoms with E-state index >= 15 is 0 Å². The third-order valence-corrected chi connectivity index (χ3v) is 2.48. The number of halogens is 7. The summed E-state index contributed by atoms with van der Waals surface area (Å²) in [6.07, 6.45) is -9.54. The number of allylic oxidation sites excluding steroid dienone is 2. The van der Waals surface area contributed by atoms with Crippen LogP contribution in [0.4, 0.5) is 26.3 Å². The first-order valence-electron chi connectivity index (χ1n) is 4.62. The number of nitriles is 1. The Hall–Kier alpha value is -1.68. The topological polar surface area (TPSA) is 23.8 Å². The molecular formula is C11H4ClF6N. The highest BCUT2D eigenvalue weighted by atomic mass is 35.5. The second-order valence-electron chi connectivity index (χ2n) is 3.37. The van der Waals surface area contributed by atoms with Crippen molar-refractivity contribution in [3.8, 4) is 6.07 Å². The first-order chi connectivity index (χ1) is 8.57. The molecule has 0 atom stereocenters. The molecule has 0 unspecified atom stereocenters. The average Bonchev–Trinajstić information content (AvgIpc) is 2.28. The van der Waals surface area contributed by atoms with Crippen LogP contribution < -0.4 is 0 Å². The molecule has 0 heterocycles. The zero-order chi connectivity index (χ0) is 14.8. The Kier molecular flexibility index (Phi) is 4.15. The van der Waals surface area contributed by atoms with Gasteiger partial charge >= 0.3 is 12.4 Å². The Labute approximate surface area is 108 Å². The van der Waals surface area contributed by atoms with Gasteiger partial charge in [-0.05, 0) is 17.7 Å². The molecule has 0 aliphatic carbocycles. The van der Waals surface area contributed by atoms with E-state index in [2.05, 4.69) is 0 Å². The van der Waals surface area contributed by atoms with Crippen LogP contribution in [-0.4, -0.2) is 6.18 Å². The maximum atomic E-state index is 12.3. The summed E-state index contributed by atoms with van der Waals surface area (Å²) >= 11 is 5.00. The number of alkyl halides is 6. The highest BCUT2D eigenvalue weighted by Crippen LogP contribution is 2.36. The molecule has 8 heteroatoms. The second kappa shape index (κ2) is 5.13. The Morgan fingerprint density at radius 1 is 1.00 bits per heavy atom. The van der Waals surface area contributed by atoms with Crippen molar-refractivity contribution >= 4 is 17.2 Å². The minimum absolute atomic E-state index is 0.335. The molecule has 1 aromatic rings. The number of hydrogen-bond donors (Lipinski definition) is 0. The van der Waals surface area contributed by atoms with Crippen molar-refractivity contribution in [1.82, 2.24) is 0 Å². The summed E-state index contributed by atoms with van der Waals surface area (Å²) in [5.41, 5.74) is -2.29. The lowest BCUT2D eigenvalue weighted by atomic mass is 10.0. The molecule has 0 bridgehead atoms. The van der Waals surface area contributed by atoms with E-state index in [1.807, 2.05) is 0 Å². The van der Waals surface area contributed by atoms with Crippen LogP contribution in [0.3, 0.4) is 0 Å². The molecule has 0 amide bonds. The van der Waals surface area contributed by atoms with Crippen LogP contribution in [0.1, 0.15) is 11.1 Å². The van der Waals surface area contributed by atoms with Crippen molar-refractivity contribution in [2.24, 2.45) is 0 Å². The first kappa shape index (κ1) is 15.4. The predicted octanol–water partition coefficient (Wildman–Crippen LogP) is 4.74. The van der Waals surface area contributed by atoms with Crippen molar-refractivity contribution in [2.75, 3.05) is 0 Å². The Balaban J connectivity index is 3.28. The lowest BCUT2D eigenvalue weighted by Gasteiger charge is -2.09. The van der Waals surface area contributed by atoms with Crippen LogP contribution in [0.2, 0.25) is 0 Å². The summed E-state index contributed by atoms with van der Waals surface area (Å²) in [6, 6.07) is 3.90. The van der Waals surface area contributed by atoms with E-state index in [9.17, 15) is 26.3 Å². The van der Waals surface area contributed by atoms with Gasteiger partial charge in [0.25, 0.3) is 0 Å². The molecule has 102 valence electrons.